The third-order valence-electron chi connectivity index (χ3n) is 4.27. The van der Waals surface area contributed by atoms with Gasteiger partial charge in [-0.25, -0.2) is 0 Å². The minimum absolute atomic E-state index is 0.405. The summed E-state index contributed by atoms with van der Waals surface area (Å²) in [7, 11) is 0. The van der Waals surface area contributed by atoms with Crippen molar-refractivity contribution < 1.29 is 4.52 Å². The molecule has 0 aliphatic heterocycles. The Morgan fingerprint density at radius 3 is 2.10 bits per heavy atom. The summed E-state index contributed by atoms with van der Waals surface area (Å²) in [5.74, 6) is 1.16. The van der Waals surface area contributed by atoms with Gasteiger partial charge in [0, 0.05) is 15.6 Å². The average Bonchev–Trinajstić information content (AvgIpc) is 2.84. The number of aromatic nitrogens is 2. The monoisotopic (exact) mass is 351 g/mol. The zero-order valence-corrected chi connectivity index (χ0v) is 15.0. The standard InChI is InChI=1S/C16H22BrN3O/c1-9-7-11(8-10(2)12(9)17)13-19-14(21-20-13)15(3,4)16(5,6)18/h7-8H,18H2,1-6H3. The Bertz CT molecular complexity index is 645. The molecular formula is C16H22BrN3O. The van der Waals surface area contributed by atoms with E-state index in [2.05, 4.69) is 39.9 Å². The molecule has 1 heterocycles. The second kappa shape index (κ2) is 5.21. The smallest absolute Gasteiger partial charge is 0.234 e. The number of nitrogens with two attached hydrogens (primary N) is 1. The molecule has 5 heteroatoms. The van der Waals surface area contributed by atoms with Gasteiger partial charge in [-0.15, -0.1) is 0 Å². The predicted molar refractivity (Wildman–Crippen MR) is 88.2 cm³/mol. The van der Waals surface area contributed by atoms with Crippen molar-refractivity contribution in [1.82, 2.24) is 10.1 Å². The molecule has 2 aromatic rings. The first-order chi connectivity index (χ1) is 9.54. The molecule has 0 bridgehead atoms. The maximum Gasteiger partial charge on any atom is 0.234 e. The lowest BCUT2D eigenvalue weighted by molar-refractivity contribution is 0.223. The molecule has 0 saturated heterocycles. The normalized spacial score (nSPS) is 12.8. The summed E-state index contributed by atoms with van der Waals surface area (Å²) in [5, 5.41) is 4.12. The molecule has 0 amide bonds. The Morgan fingerprint density at radius 2 is 1.62 bits per heavy atom. The lowest BCUT2D eigenvalue weighted by Gasteiger charge is -2.34. The number of hydrogen-bond acceptors (Lipinski definition) is 4. The van der Waals surface area contributed by atoms with E-state index in [1.165, 1.54) is 0 Å². The van der Waals surface area contributed by atoms with E-state index in [0.29, 0.717) is 11.7 Å². The highest BCUT2D eigenvalue weighted by molar-refractivity contribution is 9.10. The van der Waals surface area contributed by atoms with Crippen molar-refractivity contribution in [3.05, 3.63) is 33.6 Å². The van der Waals surface area contributed by atoms with Crippen LogP contribution in [0.1, 0.15) is 44.7 Å². The molecule has 1 aromatic carbocycles. The van der Waals surface area contributed by atoms with Gasteiger partial charge in [-0.2, -0.15) is 4.98 Å². The fourth-order valence-corrected chi connectivity index (χ4v) is 2.17. The van der Waals surface area contributed by atoms with E-state index in [1.807, 2.05) is 39.8 Å². The van der Waals surface area contributed by atoms with Crippen LogP contribution in [0.4, 0.5) is 0 Å². The van der Waals surface area contributed by atoms with Gasteiger partial charge in [-0.3, -0.25) is 0 Å². The molecule has 2 N–H and O–H groups in total. The van der Waals surface area contributed by atoms with Gasteiger partial charge in [0.25, 0.3) is 0 Å². The summed E-state index contributed by atoms with van der Waals surface area (Å²) >= 11 is 3.57. The topological polar surface area (TPSA) is 64.9 Å². The molecule has 0 spiro atoms. The molecule has 0 fully saturated rings. The van der Waals surface area contributed by atoms with Gasteiger partial charge in [0.2, 0.25) is 11.7 Å². The quantitative estimate of drug-likeness (QED) is 0.902. The summed E-state index contributed by atoms with van der Waals surface area (Å²) < 4.78 is 6.58. The van der Waals surface area contributed by atoms with E-state index in [0.717, 1.165) is 21.2 Å². The van der Waals surface area contributed by atoms with Crippen LogP contribution in [-0.2, 0) is 5.41 Å². The molecule has 4 nitrogen and oxygen atoms in total. The summed E-state index contributed by atoms with van der Waals surface area (Å²) in [5.41, 5.74) is 8.61. The van der Waals surface area contributed by atoms with Crippen LogP contribution in [0.5, 0.6) is 0 Å². The van der Waals surface area contributed by atoms with Crippen LogP contribution in [-0.4, -0.2) is 15.7 Å². The molecule has 0 aliphatic carbocycles. The third-order valence-corrected chi connectivity index (χ3v) is 5.52. The van der Waals surface area contributed by atoms with Gasteiger partial charge in [0.05, 0.1) is 5.41 Å². The minimum Gasteiger partial charge on any atom is -0.338 e. The van der Waals surface area contributed by atoms with E-state index < -0.39 is 11.0 Å². The second-order valence-corrected chi connectivity index (χ2v) is 7.49. The second-order valence-electron chi connectivity index (χ2n) is 6.69. The summed E-state index contributed by atoms with van der Waals surface area (Å²) in [4.78, 5) is 4.56. The van der Waals surface area contributed by atoms with E-state index in [9.17, 15) is 0 Å². The number of aryl methyl sites for hydroxylation is 2. The predicted octanol–water partition coefficient (Wildman–Crippen LogP) is 4.13. The number of benzene rings is 1. The van der Waals surface area contributed by atoms with Crippen LogP contribution in [0, 0.1) is 13.8 Å². The van der Waals surface area contributed by atoms with Crippen LogP contribution in [0.25, 0.3) is 11.4 Å². The van der Waals surface area contributed by atoms with Crippen molar-refractivity contribution in [2.24, 2.45) is 5.73 Å². The number of hydrogen-bond donors (Lipinski definition) is 1. The van der Waals surface area contributed by atoms with Gasteiger partial charge in [0.1, 0.15) is 0 Å². The van der Waals surface area contributed by atoms with Gasteiger partial charge in [0.15, 0.2) is 0 Å². The first-order valence-corrected chi connectivity index (χ1v) is 7.73. The molecule has 1 aromatic heterocycles. The molecule has 2 rings (SSSR count). The van der Waals surface area contributed by atoms with Crippen molar-refractivity contribution in [2.45, 2.75) is 52.5 Å². The van der Waals surface area contributed by atoms with Crippen molar-refractivity contribution in [1.29, 1.82) is 0 Å². The van der Waals surface area contributed by atoms with Crippen molar-refractivity contribution in [3.8, 4) is 11.4 Å². The van der Waals surface area contributed by atoms with Gasteiger partial charge in [-0.1, -0.05) is 21.1 Å². The molecule has 0 saturated carbocycles. The SMILES string of the molecule is Cc1cc(-c2noc(C(C)(C)C(C)(C)N)n2)cc(C)c1Br. The highest BCUT2D eigenvalue weighted by Gasteiger charge is 2.40. The average molecular weight is 352 g/mol. The highest BCUT2D eigenvalue weighted by atomic mass is 79.9. The van der Waals surface area contributed by atoms with E-state index >= 15 is 0 Å². The maximum absolute atomic E-state index is 6.23. The highest BCUT2D eigenvalue weighted by Crippen LogP contribution is 2.33. The lowest BCUT2D eigenvalue weighted by atomic mass is 9.75. The summed E-state index contributed by atoms with van der Waals surface area (Å²) in [6.07, 6.45) is 0. The molecule has 0 atom stereocenters. The van der Waals surface area contributed by atoms with Crippen molar-refractivity contribution in [2.75, 3.05) is 0 Å². The van der Waals surface area contributed by atoms with E-state index in [4.69, 9.17) is 10.3 Å². The minimum atomic E-state index is -0.456. The Hall–Kier alpha value is -1.20. The molecule has 21 heavy (non-hydrogen) atoms. The van der Waals surface area contributed by atoms with Crippen molar-refractivity contribution >= 4 is 15.9 Å². The lowest BCUT2D eigenvalue weighted by Crippen LogP contribution is -2.50. The van der Waals surface area contributed by atoms with Gasteiger partial charge >= 0.3 is 0 Å². The molecule has 0 unspecified atom stereocenters. The number of halogens is 1. The first kappa shape index (κ1) is 16.2. The maximum atomic E-state index is 6.23. The fraction of sp³-hybridized carbons (Fsp3) is 0.500. The van der Waals surface area contributed by atoms with Crippen LogP contribution < -0.4 is 5.73 Å². The fourth-order valence-electron chi connectivity index (χ4n) is 1.95. The molecule has 0 radical (unpaired) electrons. The first-order valence-electron chi connectivity index (χ1n) is 6.94. The molecule has 0 aliphatic rings. The van der Waals surface area contributed by atoms with Crippen molar-refractivity contribution in [3.63, 3.8) is 0 Å². The zero-order chi connectivity index (χ0) is 16.0. The Labute approximate surface area is 134 Å². The summed E-state index contributed by atoms with van der Waals surface area (Å²) in [6, 6.07) is 4.10. The van der Waals surface area contributed by atoms with E-state index in [-0.39, 0.29) is 0 Å². The van der Waals surface area contributed by atoms with Gasteiger partial charge < -0.3 is 10.3 Å². The molecule has 114 valence electrons. The largest absolute Gasteiger partial charge is 0.338 e. The van der Waals surface area contributed by atoms with Gasteiger partial charge in [-0.05, 0) is 64.8 Å². The summed E-state index contributed by atoms with van der Waals surface area (Å²) in [6.45, 7) is 12.1. The van der Waals surface area contributed by atoms with Crippen LogP contribution in [0.15, 0.2) is 21.1 Å². The Balaban J connectivity index is 2.46. The van der Waals surface area contributed by atoms with Crippen LogP contribution in [0.3, 0.4) is 0 Å². The zero-order valence-electron chi connectivity index (χ0n) is 13.4. The number of nitrogens with zero attached hydrogens (tertiary/aromatic N) is 2. The Morgan fingerprint density at radius 1 is 1.10 bits per heavy atom. The third kappa shape index (κ3) is 2.90. The Kier molecular flexibility index (Phi) is 4.02. The van der Waals surface area contributed by atoms with Crippen LogP contribution >= 0.6 is 15.9 Å². The molecular weight excluding hydrogens is 330 g/mol. The van der Waals surface area contributed by atoms with Crippen LogP contribution in [0.2, 0.25) is 0 Å². The van der Waals surface area contributed by atoms with E-state index in [1.54, 1.807) is 0 Å². The number of rotatable bonds is 3.